The van der Waals surface area contributed by atoms with Crippen LogP contribution in [0.5, 0.6) is 0 Å². The number of rotatable bonds is 4. The highest BCUT2D eigenvalue weighted by Gasteiger charge is 2.30. The second-order valence-electron chi connectivity index (χ2n) is 6.92. The highest BCUT2D eigenvalue weighted by molar-refractivity contribution is 7.99. The molecule has 26 heavy (non-hydrogen) atoms. The summed E-state index contributed by atoms with van der Waals surface area (Å²) >= 11 is 1.60. The molecule has 0 radical (unpaired) electrons. The molecular weight excluding hydrogens is 346 g/mol. The van der Waals surface area contributed by atoms with E-state index in [2.05, 4.69) is 36.5 Å². The summed E-state index contributed by atoms with van der Waals surface area (Å²) in [5, 5.41) is 3.07. The Morgan fingerprint density at radius 3 is 2.31 bits per heavy atom. The summed E-state index contributed by atoms with van der Waals surface area (Å²) in [6.45, 7) is 2.06. The van der Waals surface area contributed by atoms with Crippen molar-refractivity contribution in [1.29, 1.82) is 0 Å². The number of anilines is 1. The van der Waals surface area contributed by atoms with Crippen molar-refractivity contribution < 1.29 is 4.79 Å². The molecule has 1 aliphatic carbocycles. The summed E-state index contributed by atoms with van der Waals surface area (Å²) in [5.41, 5.74) is 3.57. The lowest BCUT2D eigenvalue weighted by atomic mass is 10.2. The molecule has 134 valence electrons. The Kier molecular flexibility index (Phi) is 4.15. The van der Waals surface area contributed by atoms with Crippen LogP contribution in [-0.4, -0.2) is 15.0 Å². The first-order chi connectivity index (χ1) is 12.4. The molecular formula is C20H21N3O2S. The van der Waals surface area contributed by atoms with Gasteiger partial charge < -0.3 is 5.32 Å². The van der Waals surface area contributed by atoms with E-state index in [-0.39, 0.29) is 17.5 Å². The normalized spacial score (nSPS) is 14.0. The molecule has 0 saturated heterocycles. The number of carbonyl (C=O) groups is 1. The van der Waals surface area contributed by atoms with Crippen LogP contribution in [0.3, 0.4) is 0 Å². The Balaban J connectivity index is 1.81. The fourth-order valence-corrected chi connectivity index (χ4v) is 3.94. The Labute approximate surface area is 156 Å². The Morgan fingerprint density at radius 2 is 1.69 bits per heavy atom. The van der Waals surface area contributed by atoms with Crippen molar-refractivity contribution in [3.8, 4) is 0 Å². The number of amides is 1. The molecule has 1 fully saturated rings. The highest BCUT2D eigenvalue weighted by atomic mass is 32.2. The molecule has 0 aliphatic heterocycles. The highest BCUT2D eigenvalue weighted by Crippen LogP contribution is 2.38. The number of aryl methyl sites for hydroxylation is 3. The predicted octanol–water partition coefficient (Wildman–Crippen LogP) is 3.69. The second-order valence-corrected chi connectivity index (χ2v) is 8.03. The zero-order chi connectivity index (χ0) is 18.4. The first kappa shape index (κ1) is 17.0. The van der Waals surface area contributed by atoms with Crippen LogP contribution in [-0.2, 0) is 18.9 Å². The zero-order valence-electron chi connectivity index (χ0n) is 15.1. The molecule has 1 saturated carbocycles. The van der Waals surface area contributed by atoms with Crippen molar-refractivity contribution in [3.05, 3.63) is 52.4 Å². The van der Waals surface area contributed by atoms with Gasteiger partial charge in [0, 0.05) is 29.8 Å². The van der Waals surface area contributed by atoms with E-state index >= 15 is 0 Å². The topological polar surface area (TPSA) is 56.0 Å². The Morgan fingerprint density at radius 1 is 1.08 bits per heavy atom. The van der Waals surface area contributed by atoms with Crippen LogP contribution in [0.1, 0.15) is 18.4 Å². The number of imidazole rings is 1. The molecule has 1 aromatic heterocycles. The van der Waals surface area contributed by atoms with Crippen molar-refractivity contribution in [2.75, 3.05) is 5.32 Å². The van der Waals surface area contributed by atoms with Crippen LogP contribution >= 0.6 is 11.8 Å². The van der Waals surface area contributed by atoms with Crippen molar-refractivity contribution in [1.82, 2.24) is 9.13 Å². The maximum Gasteiger partial charge on any atom is 0.328 e. The number of hydrogen-bond acceptors (Lipinski definition) is 3. The number of benzene rings is 2. The monoisotopic (exact) mass is 367 g/mol. The minimum atomic E-state index is -0.0723. The molecule has 5 nitrogen and oxygen atoms in total. The fraction of sp³-hybridized carbons (Fsp3) is 0.300. The quantitative estimate of drug-likeness (QED) is 0.765. The first-order valence-electron chi connectivity index (χ1n) is 8.69. The van der Waals surface area contributed by atoms with E-state index in [1.807, 2.05) is 12.1 Å². The summed E-state index contributed by atoms with van der Waals surface area (Å²) in [5.74, 6) is 0.193. The van der Waals surface area contributed by atoms with Crippen LogP contribution in [0.2, 0.25) is 0 Å². The van der Waals surface area contributed by atoms with E-state index < -0.39 is 0 Å². The molecule has 1 N–H and O–H groups in total. The standard InChI is InChI=1S/C20H21N3O2S/c1-12-4-8-14(9-5-12)26-18-11-17-16(22(2)20(25)23(17)3)10-15(18)21-19(24)13-6-7-13/h4-5,8-11,13H,6-7H2,1-3H3,(H,21,24). The molecule has 6 heteroatoms. The third-order valence-corrected chi connectivity index (χ3v) is 5.89. The van der Waals surface area contributed by atoms with Gasteiger partial charge in [-0.05, 0) is 44.0 Å². The molecule has 0 bridgehead atoms. The fourth-order valence-electron chi connectivity index (χ4n) is 3.02. The van der Waals surface area contributed by atoms with E-state index in [0.717, 1.165) is 39.4 Å². The van der Waals surface area contributed by atoms with Gasteiger partial charge in [-0.1, -0.05) is 29.5 Å². The maximum absolute atomic E-state index is 12.3. The molecule has 1 amide bonds. The lowest BCUT2D eigenvalue weighted by Gasteiger charge is -2.12. The van der Waals surface area contributed by atoms with Crippen molar-refractivity contribution in [2.24, 2.45) is 20.0 Å². The van der Waals surface area contributed by atoms with Gasteiger partial charge in [0.25, 0.3) is 0 Å². The predicted molar refractivity (Wildman–Crippen MR) is 105 cm³/mol. The first-order valence-corrected chi connectivity index (χ1v) is 9.50. The van der Waals surface area contributed by atoms with Gasteiger partial charge >= 0.3 is 5.69 Å². The van der Waals surface area contributed by atoms with Gasteiger partial charge in [0.1, 0.15) is 0 Å². The number of nitrogens with zero attached hydrogens (tertiary/aromatic N) is 2. The Bertz CT molecular complexity index is 1060. The van der Waals surface area contributed by atoms with Gasteiger partial charge in [0.2, 0.25) is 5.91 Å². The zero-order valence-corrected chi connectivity index (χ0v) is 15.9. The van der Waals surface area contributed by atoms with E-state index in [1.165, 1.54) is 5.56 Å². The molecule has 0 atom stereocenters. The van der Waals surface area contributed by atoms with Crippen molar-refractivity contribution >= 4 is 34.4 Å². The summed E-state index contributed by atoms with van der Waals surface area (Å²) in [7, 11) is 3.53. The number of fused-ring (bicyclic) bond motifs is 1. The SMILES string of the molecule is Cc1ccc(Sc2cc3c(cc2NC(=O)C2CC2)n(C)c(=O)n3C)cc1. The molecule has 0 unspecified atom stereocenters. The lowest BCUT2D eigenvalue weighted by Crippen LogP contribution is -2.19. The average Bonchev–Trinajstić information content (AvgIpc) is 3.45. The smallest absolute Gasteiger partial charge is 0.325 e. The van der Waals surface area contributed by atoms with Crippen LogP contribution in [0.4, 0.5) is 5.69 Å². The number of nitrogens with one attached hydrogen (secondary N) is 1. The van der Waals surface area contributed by atoms with Gasteiger partial charge in [-0.25, -0.2) is 4.79 Å². The number of carbonyl (C=O) groups excluding carboxylic acids is 1. The lowest BCUT2D eigenvalue weighted by molar-refractivity contribution is -0.117. The summed E-state index contributed by atoms with van der Waals surface area (Å²) in [6, 6.07) is 12.2. The number of aromatic nitrogens is 2. The van der Waals surface area contributed by atoms with Gasteiger partial charge in [-0.3, -0.25) is 13.9 Å². The van der Waals surface area contributed by atoms with Crippen LogP contribution < -0.4 is 11.0 Å². The molecule has 1 aliphatic rings. The minimum Gasteiger partial charge on any atom is -0.325 e. The molecule has 3 aromatic rings. The van der Waals surface area contributed by atoms with Gasteiger partial charge in [-0.2, -0.15) is 0 Å². The van der Waals surface area contributed by atoms with E-state index in [4.69, 9.17) is 0 Å². The summed E-state index contributed by atoms with van der Waals surface area (Å²) in [4.78, 5) is 26.6. The summed E-state index contributed by atoms with van der Waals surface area (Å²) in [6.07, 6.45) is 1.91. The van der Waals surface area contributed by atoms with E-state index in [9.17, 15) is 9.59 Å². The van der Waals surface area contributed by atoms with Crippen LogP contribution in [0.25, 0.3) is 11.0 Å². The van der Waals surface area contributed by atoms with E-state index in [0.29, 0.717) is 0 Å². The summed E-state index contributed by atoms with van der Waals surface area (Å²) < 4.78 is 3.25. The van der Waals surface area contributed by atoms with Crippen LogP contribution in [0.15, 0.2) is 51.0 Å². The molecule has 0 spiro atoms. The largest absolute Gasteiger partial charge is 0.328 e. The average molecular weight is 367 g/mol. The van der Waals surface area contributed by atoms with Crippen LogP contribution in [0, 0.1) is 12.8 Å². The van der Waals surface area contributed by atoms with E-state index in [1.54, 1.807) is 35.0 Å². The molecule has 4 rings (SSSR count). The second kappa shape index (κ2) is 6.36. The third kappa shape index (κ3) is 3.05. The number of hydrogen-bond donors (Lipinski definition) is 1. The van der Waals surface area contributed by atoms with Gasteiger partial charge in [0.05, 0.1) is 16.7 Å². The molecule has 1 heterocycles. The maximum atomic E-state index is 12.3. The van der Waals surface area contributed by atoms with Crippen molar-refractivity contribution in [3.63, 3.8) is 0 Å². The third-order valence-electron chi connectivity index (χ3n) is 4.83. The Hall–Kier alpha value is -2.47. The van der Waals surface area contributed by atoms with Crippen molar-refractivity contribution in [2.45, 2.75) is 29.6 Å². The van der Waals surface area contributed by atoms with Gasteiger partial charge in [0.15, 0.2) is 0 Å². The minimum absolute atomic E-state index is 0.0658. The molecule has 2 aromatic carbocycles. The van der Waals surface area contributed by atoms with Gasteiger partial charge in [-0.15, -0.1) is 0 Å².